The summed E-state index contributed by atoms with van der Waals surface area (Å²) in [6.07, 6.45) is 15.3. The molecule has 0 aromatic heterocycles. The van der Waals surface area contributed by atoms with Crippen LogP contribution in [0.25, 0.3) is 0 Å². The number of allylic oxidation sites excluding steroid dienone is 4. The fraction of sp³-hybridized carbons (Fsp3) is 0.192. The summed E-state index contributed by atoms with van der Waals surface area (Å²) < 4.78 is 11.3. The molecule has 4 rings (SSSR count). The van der Waals surface area contributed by atoms with E-state index >= 15 is 0 Å². The molecule has 0 bridgehead atoms. The Hall–Kier alpha value is -2.79. The minimum absolute atomic E-state index is 0. The van der Waals surface area contributed by atoms with Gasteiger partial charge >= 0.3 is 0 Å². The molecule has 1 unspecified atom stereocenters. The summed E-state index contributed by atoms with van der Waals surface area (Å²) in [4.78, 5) is 6.72. The van der Waals surface area contributed by atoms with Gasteiger partial charge in [-0.2, -0.15) is 0 Å². The van der Waals surface area contributed by atoms with Crippen molar-refractivity contribution in [2.75, 3.05) is 19.1 Å². The van der Waals surface area contributed by atoms with E-state index in [4.69, 9.17) is 9.47 Å². The Morgan fingerprint density at radius 1 is 1.06 bits per heavy atom. The van der Waals surface area contributed by atoms with Crippen molar-refractivity contribution in [1.82, 2.24) is 0 Å². The number of para-hydroxylation sites is 1. The molecule has 1 atom stereocenters. The molecule has 0 saturated heterocycles. The number of methoxy groups -OCH3 is 1. The maximum Gasteiger partial charge on any atom is 0.118 e. The highest BCUT2D eigenvalue weighted by Gasteiger charge is 2.13. The summed E-state index contributed by atoms with van der Waals surface area (Å²) in [5.74, 6) is 0.857. The van der Waals surface area contributed by atoms with Crippen LogP contribution in [0.4, 0.5) is 5.69 Å². The SMILES string of the molecule is COc1ccc(COC2C=CC=C(C=CC3=NC=CN(C)c4ccccc43)C2)cc1.Cl.Cl. The van der Waals surface area contributed by atoms with Crippen molar-refractivity contribution in [3.05, 3.63) is 108 Å². The lowest BCUT2D eigenvalue weighted by atomic mass is 10.00. The first-order valence-corrected chi connectivity index (χ1v) is 10.1. The first-order valence-electron chi connectivity index (χ1n) is 10.1. The Morgan fingerprint density at radius 3 is 2.62 bits per heavy atom. The van der Waals surface area contributed by atoms with E-state index in [1.165, 1.54) is 5.57 Å². The lowest BCUT2D eigenvalue weighted by Gasteiger charge is -2.18. The second kappa shape index (κ2) is 12.3. The standard InChI is InChI=1S/C26H26N2O2.2ClH/c1-28-17-16-27-25(24-8-3-4-9-26(24)28)15-12-20-6-5-7-23(18-20)30-19-21-10-13-22(29-2)14-11-21;;/h3-17,23H,18-19H2,1-2H3;2*1H. The zero-order chi connectivity index (χ0) is 20.8. The van der Waals surface area contributed by atoms with E-state index in [0.29, 0.717) is 6.61 Å². The Labute approximate surface area is 202 Å². The van der Waals surface area contributed by atoms with Crippen molar-refractivity contribution >= 4 is 36.2 Å². The maximum absolute atomic E-state index is 6.10. The summed E-state index contributed by atoms with van der Waals surface area (Å²) in [6.45, 7) is 0.577. The van der Waals surface area contributed by atoms with Gasteiger partial charge in [0.2, 0.25) is 0 Å². The van der Waals surface area contributed by atoms with Gasteiger partial charge in [-0.15, -0.1) is 24.8 Å². The average Bonchev–Trinajstić information content (AvgIpc) is 2.96. The van der Waals surface area contributed by atoms with Gasteiger partial charge < -0.3 is 14.4 Å². The van der Waals surface area contributed by atoms with Gasteiger partial charge in [-0.05, 0) is 35.4 Å². The monoisotopic (exact) mass is 470 g/mol. The van der Waals surface area contributed by atoms with E-state index in [9.17, 15) is 0 Å². The topological polar surface area (TPSA) is 34.1 Å². The molecule has 0 radical (unpaired) electrons. The van der Waals surface area contributed by atoms with Crippen LogP contribution in [-0.4, -0.2) is 26.0 Å². The Kier molecular flexibility index (Phi) is 9.79. The minimum atomic E-state index is 0. The molecule has 1 aliphatic carbocycles. The minimum Gasteiger partial charge on any atom is -0.497 e. The molecule has 32 heavy (non-hydrogen) atoms. The molecule has 2 aromatic rings. The van der Waals surface area contributed by atoms with Crippen LogP contribution in [0.1, 0.15) is 17.5 Å². The third kappa shape index (κ3) is 6.36. The smallest absolute Gasteiger partial charge is 0.118 e. The van der Waals surface area contributed by atoms with Crippen LogP contribution in [0, 0.1) is 0 Å². The predicted octanol–water partition coefficient (Wildman–Crippen LogP) is 6.28. The molecule has 0 amide bonds. The molecule has 0 spiro atoms. The van der Waals surface area contributed by atoms with E-state index in [1.807, 2.05) is 49.8 Å². The van der Waals surface area contributed by atoms with E-state index in [1.54, 1.807) is 7.11 Å². The summed E-state index contributed by atoms with van der Waals surface area (Å²) in [7, 11) is 3.71. The Morgan fingerprint density at radius 2 is 1.84 bits per heavy atom. The van der Waals surface area contributed by atoms with E-state index in [-0.39, 0.29) is 30.9 Å². The van der Waals surface area contributed by atoms with Crippen molar-refractivity contribution in [2.45, 2.75) is 19.1 Å². The summed E-state index contributed by atoms with van der Waals surface area (Å²) >= 11 is 0. The molecule has 168 valence electrons. The molecule has 0 N–H and O–H groups in total. The highest BCUT2D eigenvalue weighted by Crippen LogP contribution is 2.24. The lowest BCUT2D eigenvalue weighted by molar-refractivity contribution is 0.0720. The van der Waals surface area contributed by atoms with Gasteiger partial charge in [0, 0.05) is 37.1 Å². The predicted molar refractivity (Wildman–Crippen MR) is 138 cm³/mol. The Bertz CT molecular complexity index is 1040. The molecular weight excluding hydrogens is 443 g/mol. The average molecular weight is 471 g/mol. The van der Waals surface area contributed by atoms with Gasteiger partial charge in [0.05, 0.1) is 25.5 Å². The van der Waals surface area contributed by atoms with Crippen LogP contribution < -0.4 is 9.64 Å². The molecule has 0 saturated carbocycles. The zero-order valence-corrected chi connectivity index (χ0v) is 19.8. The zero-order valence-electron chi connectivity index (χ0n) is 18.2. The number of benzene rings is 2. The van der Waals surface area contributed by atoms with Crippen molar-refractivity contribution < 1.29 is 9.47 Å². The van der Waals surface area contributed by atoms with Crippen LogP contribution in [0.5, 0.6) is 5.75 Å². The van der Waals surface area contributed by atoms with Gasteiger partial charge in [-0.3, -0.25) is 4.99 Å². The van der Waals surface area contributed by atoms with Crippen molar-refractivity contribution in [3.8, 4) is 5.75 Å². The van der Waals surface area contributed by atoms with Gasteiger partial charge in [-0.1, -0.05) is 54.6 Å². The van der Waals surface area contributed by atoms with Crippen LogP contribution in [-0.2, 0) is 11.3 Å². The number of anilines is 1. The molecule has 4 nitrogen and oxygen atoms in total. The molecule has 1 heterocycles. The second-order valence-corrected chi connectivity index (χ2v) is 7.30. The largest absolute Gasteiger partial charge is 0.497 e. The number of halogens is 2. The van der Waals surface area contributed by atoms with Crippen molar-refractivity contribution in [3.63, 3.8) is 0 Å². The molecule has 0 fully saturated rings. The van der Waals surface area contributed by atoms with Gasteiger partial charge in [0.25, 0.3) is 0 Å². The highest BCUT2D eigenvalue weighted by molar-refractivity contribution is 6.13. The van der Waals surface area contributed by atoms with Crippen LogP contribution >= 0.6 is 24.8 Å². The Balaban J connectivity index is 0.00000181. The number of aliphatic imine (C=N–C) groups is 1. The first kappa shape index (κ1) is 25.5. The van der Waals surface area contributed by atoms with Crippen LogP contribution in [0.3, 0.4) is 0 Å². The molecule has 2 aromatic carbocycles. The van der Waals surface area contributed by atoms with Crippen molar-refractivity contribution in [2.24, 2.45) is 4.99 Å². The molecule has 6 heteroatoms. The third-order valence-corrected chi connectivity index (χ3v) is 5.22. The van der Waals surface area contributed by atoms with Crippen LogP contribution in [0.2, 0.25) is 0 Å². The lowest BCUT2D eigenvalue weighted by Crippen LogP contribution is -2.13. The fourth-order valence-electron chi connectivity index (χ4n) is 3.51. The molecule has 1 aliphatic heterocycles. The van der Waals surface area contributed by atoms with Gasteiger partial charge in [0.15, 0.2) is 0 Å². The first-order chi connectivity index (χ1) is 14.7. The summed E-state index contributed by atoms with van der Waals surface area (Å²) in [5.41, 5.74) is 5.58. The number of fused-ring (bicyclic) bond motifs is 1. The maximum atomic E-state index is 6.10. The number of rotatable bonds is 6. The fourth-order valence-corrected chi connectivity index (χ4v) is 3.51. The van der Waals surface area contributed by atoms with E-state index in [0.717, 1.165) is 34.7 Å². The number of hydrogen-bond acceptors (Lipinski definition) is 4. The summed E-state index contributed by atoms with van der Waals surface area (Å²) in [5, 5.41) is 0. The molecule has 2 aliphatic rings. The highest BCUT2D eigenvalue weighted by atomic mass is 35.5. The van der Waals surface area contributed by atoms with E-state index < -0.39 is 0 Å². The third-order valence-electron chi connectivity index (χ3n) is 5.22. The van der Waals surface area contributed by atoms with Gasteiger partial charge in [0.1, 0.15) is 5.75 Å². The number of nitrogens with zero attached hydrogens (tertiary/aromatic N) is 2. The number of hydrogen-bond donors (Lipinski definition) is 0. The second-order valence-electron chi connectivity index (χ2n) is 7.30. The normalized spacial score (nSPS) is 16.9. The van der Waals surface area contributed by atoms with E-state index in [2.05, 4.69) is 58.5 Å². The number of ether oxygens (including phenoxy) is 2. The van der Waals surface area contributed by atoms with Crippen molar-refractivity contribution in [1.29, 1.82) is 0 Å². The summed E-state index contributed by atoms with van der Waals surface area (Å²) in [6, 6.07) is 16.3. The van der Waals surface area contributed by atoms with Crippen LogP contribution in [0.15, 0.2) is 102 Å². The quantitative estimate of drug-likeness (QED) is 0.498. The van der Waals surface area contributed by atoms with Gasteiger partial charge in [-0.25, -0.2) is 0 Å². The molecular formula is C26H28Cl2N2O2.